The maximum atomic E-state index is 10.4. The quantitative estimate of drug-likeness (QED) is 0.514. The molecule has 1 heterocycles. The molecule has 0 bridgehead atoms. The Bertz CT molecular complexity index is 156. The van der Waals surface area contributed by atoms with Gasteiger partial charge in [-0.2, -0.15) is 5.10 Å². The summed E-state index contributed by atoms with van der Waals surface area (Å²) in [5.41, 5.74) is 1.64. The van der Waals surface area contributed by atoms with E-state index in [1.165, 1.54) is 0 Å². The van der Waals surface area contributed by atoms with Crippen molar-refractivity contribution in [1.29, 1.82) is 0 Å². The van der Waals surface area contributed by atoms with Gasteiger partial charge in [0, 0.05) is 12.6 Å². The van der Waals surface area contributed by atoms with Gasteiger partial charge in [-0.05, 0) is 6.92 Å². The second-order valence-corrected chi connectivity index (χ2v) is 2.26. The zero-order valence-electron chi connectivity index (χ0n) is 5.09. The fourth-order valence-corrected chi connectivity index (χ4v) is 0.597. The van der Waals surface area contributed by atoms with E-state index in [2.05, 4.69) is 10.5 Å². The van der Waals surface area contributed by atoms with Crippen molar-refractivity contribution in [3.05, 3.63) is 0 Å². The first-order valence-electron chi connectivity index (χ1n) is 2.67. The van der Waals surface area contributed by atoms with Crippen LogP contribution < -0.4 is 5.43 Å². The lowest BCUT2D eigenvalue weighted by Gasteiger charge is -2.15. The molecule has 0 saturated heterocycles. The highest BCUT2D eigenvalue weighted by atomic mass is 16.4. The smallest absolute Gasteiger partial charge is 0.331 e. The topological polar surface area (TPSA) is 61.7 Å². The van der Waals surface area contributed by atoms with Crippen molar-refractivity contribution in [2.24, 2.45) is 5.10 Å². The summed E-state index contributed by atoms with van der Waals surface area (Å²) in [7, 11) is 0. The molecule has 1 atom stereocenters. The Morgan fingerprint density at radius 1 is 2.00 bits per heavy atom. The predicted octanol–water partition coefficient (Wildman–Crippen LogP) is -0.191. The monoisotopic (exact) mass is 128 g/mol. The summed E-state index contributed by atoms with van der Waals surface area (Å²) in [5.74, 6) is -0.861. The van der Waals surface area contributed by atoms with Crippen molar-refractivity contribution < 1.29 is 9.90 Å². The summed E-state index contributed by atoms with van der Waals surface area (Å²) in [5, 5.41) is 12.1. The van der Waals surface area contributed by atoms with Crippen LogP contribution in [0.15, 0.2) is 5.10 Å². The lowest BCUT2D eigenvalue weighted by Crippen LogP contribution is -2.43. The Kier molecular flexibility index (Phi) is 1.16. The molecule has 0 fully saturated rings. The molecule has 0 aliphatic carbocycles. The second-order valence-electron chi connectivity index (χ2n) is 2.26. The first kappa shape index (κ1) is 6.07. The van der Waals surface area contributed by atoms with Crippen LogP contribution in [0.4, 0.5) is 0 Å². The van der Waals surface area contributed by atoms with Gasteiger partial charge in [0.25, 0.3) is 0 Å². The summed E-state index contributed by atoms with van der Waals surface area (Å²) < 4.78 is 0. The van der Waals surface area contributed by atoms with E-state index < -0.39 is 11.5 Å². The number of carbonyl (C=O) groups is 1. The van der Waals surface area contributed by atoms with Crippen molar-refractivity contribution in [2.75, 3.05) is 0 Å². The van der Waals surface area contributed by atoms with Crippen LogP contribution in [0.3, 0.4) is 0 Å². The fourth-order valence-electron chi connectivity index (χ4n) is 0.597. The van der Waals surface area contributed by atoms with Crippen molar-refractivity contribution in [1.82, 2.24) is 5.43 Å². The number of hydrazone groups is 1. The number of nitrogens with zero attached hydrogens (tertiary/aromatic N) is 1. The molecule has 0 aromatic carbocycles. The zero-order chi connectivity index (χ0) is 6.91. The number of carboxylic acid groups (broad SMARTS) is 1. The number of aliphatic carboxylic acids is 1. The van der Waals surface area contributed by atoms with E-state index in [1.54, 1.807) is 13.1 Å². The lowest BCUT2D eigenvalue weighted by atomic mass is 10.0. The normalized spacial score (nSPS) is 32.1. The maximum absolute atomic E-state index is 10.4. The van der Waals surface area contributed by atoms with E-state index in [-0.39, 0.29) is 0 Å². The number of hydrogen-bond acceptors (Lipinski definition) is 3. The first-order valence-corrected chi connectivity index (χ1v) is 2.67. The molecule has 50 valence electrons. The molecule has 4 heteroatoms. The van der Waals surface area contributed by atoms with Gasteiger partial charge in [-0.1, -0.05) is 0 Å². The average Bonchev–Trinajstić information content (AvgIpc) is 2.16. The van der Waals surface area contributed by atoms with E-state index >= 15 is 0 Å². The van der Waals surface area contributed by atoms with Crippen molar-refractivity contribution in [2.45, 2.75) is 18.9 Å². The Morgan fingerprint density at radius 3 is 2.89 bits per heavy atom. The SMILES string of the molecule is CC1(C(=O)O)CC=NN1. The van der Waals surface area contributed by atoms with Gasteiger partial charge in [-0.15, -0.1) is 0 Å². The minimum atomic E-state index is -0.861. The molecule has 0 saturated carbocycles. The molecule has 1 rings (SSSR count). The van der Waals surface area contributed by atoms with Gasteiger partial charge in [0.1, 0.15) is 0 Å². The van der Waals surface area contributed by atoms with E-state index in [9.17, 15) is 4.79 Å². The van der Waals surface area contributed by atoms with Crippen molar-refractivity contribution in [3.8, 4) is 0 Å². The van der Waals surface area contributed by atoms with E-state index in [0.717, 1.165) is 0 Å². The lowest BCUT2D eigenvalue weighted by molar-refractivity contribution is -0.143. The zero-order valence-corrected chi connectivity index (χ0v) is 5.09. The van der Waals surface area contributed by atoms with Crippen LogP contribution >= 0.6 is 0 Å². The fraction of sp³-hybridized carbons (Fsp3) is 0.600. The molecule has 9 heavy (non-hydrogen) atoms. The molecule has 0 radical (unpaired) electrons. The van der Waals surface area contributed by atoms with Crippen LogP contribution in [0.2, 0.25) is 0 Å². The highest BCUT2D eigenvalue weighted by molar-refractivity contribution is 5.84. The number of nitrogens with one attached hydrogen (secondary N) is 1. The van der Waals surface area contributed by atoms with Gasteiger partial charge in [-0.3, -0.25) is 5.43 Å². The van der Waals surface area contributed by atoms with E-state index in [4.69, 9.17) is 5.11 Å². The van der Waals surface area contributed by atoms with Crippen LogP contribution in [-0.4, -0.2) is 22.8 Å². The summed E-state index contributed by atoms with van der Waals surface area (Å²) >= 11 is 0. The van der Waals surface area contributed by atoms with E-state index in [1.807, 2.05) is 0 Å². The van der Waals surface area contributed by atoms with Gasteiger partial charge in [0.2, 0.25) is 0 Å². The Balaban J connectivity index is 2.66. The molecule has 1 aliphatic rings. The molecule has 0 spiro atoms. The number of carboxylic acids is 1. The van der Waals surface area contributed by atoms with Crippen molar-refractivity contribution >= 4 is 12.2 Å². The number of hydrogen-bond donors (Lipinski definition) is 2. The number of rotatable bonds is 1. The highest BCUT2D eigenvalue weighted by Crippen LogP contribution is 2.11. The first-order chi connectivity index (χ1) is 4.15. The minimum absolute atomic E-state index is 0.461. The summed E-state index contributed by atoms with van der Waals surface area (Å²) in [6.07, 6.45) is 2.02. The third kappa shape index (κ3) is 0.872. The molecule has 0 amide bonds. The third-order valence-electron chi connectivity index (χ3n) is 1.37. The molecule has 1 aliphatic heterocycles. The minimum Gasteiger partial charge on any atom is -0.479 e. The maximum Gasteiger partial charge on any atom is 0.331 e. The van der Waals surface area contributed by atoms with E-state index in [0.29, 0.717) is 6.42 Å². The van der Waals surface area contributed by atoms with Gasteiger partial charge < -0.3 is 5.11 Å². The van der Waals surface area contributed by atoms with Crippen LogP contribution in [0.25, 0.3) is 0 Å². The van der Waals surface area contributed by atoms with Crippen LogP contribution in [0.1, 0.15) is 13.3 Å². The molecule has 0 aromatic rings. The molecule has 4 nitrogen and oxygen atoms in total. The summed E-state index contributed by atoms with van der Waals surface area (Å²) in [4.78, 5) is 10.4. The van der Waals surface area contributed by atoms with Crippen LogP contribution in [-0.2, 0) is 4.79 Å². The summed E-state index contributed by atoms with van der Waals surface area (Å²) in [6.45, 7) is 1.60. The average molecular weight is 128 g/mol. The van der Waals surface area contributed by atoms with Gasteiger partial charge in [-0.25, -0.2) is 4.79 Å². The highest BCUT2D eigenvalue weighted by Gasteiger charge is 2.34. The molecule has 2 N–H and O–H groups in total. The van der Waals surface area contributed by atoms with Crippen LogP contribution in [0.5, 0.6) is 0 Å². The summed E-state index contributed by atoms with van der Waals surface area (Å²) in [6, 6.07) is 0. The second kappa shape index (κ2) is 1.72. The largest absolute Gasteiger partial charge is 0.479 e. The van der Waals surface area contributed by atoms with Gasteiger partial charge in [0.05, 0.1) is 0 Å². The molecule has 0 aromatic heterocycles. The Hall–Kier alpha value is -1.06. The Labute approximate surface area is 52.6 Å². The Morgan fingerprint density at radius 2 is 2.67 bits per heavy atom. The van der Waals surface area contributed by atoms with Gasteiger partial charge >= 0.3 is 5.97 Å². The molecule has 1 unspecified atom stereocenters. The van der Waals surface area contributed by atoms with Crippen LogP contribution in [0, 0.1) is 0 Å². The van der Waals surface area contributed by atoms with Crippen molar-refractivity contribution in [3.63, 3.8) is 0 Å². The standard InChI is InChI=1S/C5H8N2O2/c1-5(4(8)9)2-3-6-7-5/h3,7H,2H2,1H3,(H,8,9). The molecular weight excluding hydrogens is 120 g/mol. The third-order valence-corrected chi connectivity index (χ3v) is 1.37. The molecular formula is C5H8N2O2. The predicted molar refractivity (Wildman–Crippen MR) is 32.3 cm³/mol. The van der Waals surface area contributed by atoms with Gasteiger partial charge in [0.15, 0.2) is 5.54 Å².